The molecule has 2 aliphatic rings. The lowest BCUT2D eigenvalue weighted by Gasteiger charge is -2.29. The molecule has 0 radical (unpaired) electrons. The zero-order valence-corrected chi connectivity index (χ0v) is 15.8. The number of ether oxygens (including phenoxy) is 3. The smallest absolute Gasteiger partial charge is 0.257 e. The number of likely N-dealkylation sites (N-methyl/N-ethyl adjacent to an activating group) is 1. The zero-order valence-electron chi connectivity index (χ0n) is 15.8. The van der Waals surface area contributed by atoms with Gasteiger partial charge in [0.05, 0.1) is 12.7 Å². The predicted octanol–water partition coefficient (Wildman–Crippen LogP) is 2.10. The van der Waals surface area contributed by atoms with Crippen LogP contribution in [0.25, 0.3) is 0 Å². The predicted molar refractivity (Wildman–Crippen MR) is 95.7 cm³/mol. The highest BCUT2D eigenvalue weighted by atomic mass is 16.7. The molecule has 1 aromatic rings. The summed E-state index contributed by atoms with van der Waals surface area (Å²) in [5, 5.41) is 3.00. The molecular formula is C19H26N2O5. The fourth-order valence-corrected chi connectivity index (χ4v) is 3.64. The van der Waals surface area contributed by atoms with E-state index in [-0.39, 0.29) is 24.5 Å². The molecule has 3 rings (SSSR count). The van der Waals surface area contributed by atoms with E-state index in [0.29, 0.717) is 42.3 Å². The van der Waals surface area contributed by atoms with Crippen LogP contribution >= 0.6 is 0 Å². The molecular weight excluding hydrogens is 336 g/mol. The van der Waals surface area contributed by atoms with Crippen molar-refractivity contribution in [3.63, 3.8) is 0 Å². The summed E-state index contributed by atoms with van der Waals surface area (Å²) in [5.41, 5.74) is 2.20. The van der Waals surface area contributed by atoms with Gasteiger partial charge in [-0.05, 0) is 24.8 Å². The quantitative estimate of drug-likeness (QED) is 0.839. The van der Waals surface area contributed by atoms with Gasteiger partial charge in [0.2, 0.25) is 18.4 Å². The molecule has 7 heteroatoms. The van der Waals surface area contributed by atoms with Crippen molar-refractivity contribution in [2.45, 2.75) is 39.7 Å². The summed E-state index contributed by atoms with van der Waals surface area (Å²) in [6, 6.07) is 0. The second-order valence-electron chi connectivity index (χ2n) is 6.64. The number of nitrogens with zero attached hydrogens (tertiary/aromatic N) is 1. The molecule has 0 spiro atoms. The highest BCUT2D eigenvalue weighted by Crippen LogP contribution is 2.49. The van der Waals surface area contributed by atoms with Crippen LogP contribution in [0.4, 0.5) is 0 Å². The standard InChI is InChI=1S/C19H26N2O5/c1-5-11(6-2)18(22)20-9-13-12-7-8-21(3)19(23)14(12)16(24-4)17-15(13)25-10-26-17/h11H,5-10H2,1-4H3,(H,20,22). The molecule has 2 heterocycles. The minimum absolute atomic E-state index is 0.0120. The fourth-order valence-electron chi connectivity index (χ4n) is 3.64. The molecule has 7 nitrogen and oxygen atoms in total. The molecule has 0 saturated heterocycles. The Morgan fingerprint density at radius 3 is 2.62 bits per heavy atom. The van der Waals surface area contributed by atoms with Crippen LogP contribution < -0.4 is 19.5 Å². The van der Waals surface area contributed by atoms with E-state index >= 15 is 0 Å². The van der Waals surface area contributed by atoms with Gasteiger partial charge in [-0.25, -0.2) is 0 Å². The van der Waals surface area contributed by atoms with Crippen molar-refractivity contribution >= 4 is 11.8 Å². The average Bonchev–Trinajstić information content (AvgIpc) is 3.12. The van der Waals surface area contributed by atoms with Gasteiger partial charge in [0.1, 0.15) is 0 Å². The molecule has 0 aromatic heterocycles. The van der Waals surface area contributed by atoms with Crippen LogP contribution in [-0.2, 0) is 17.8 Å². The van der Waals surface area contributed by atoms with E-state index in [9.17, 15) is 9.59 Å². The summed E-state index contributed by atoms with van der Waals surface area (Å²) in [5.74, 6) is 1.34. The van der Waals surface area contributed by atoms with Crippen LogP contribution in [0.3, 0.4) is 0 Å². The van der Waals surface area contributed by atoms with Crippen molar-refractivity contribution in [3.8, 4) is 17.2 Å². The molecule has 0 saturated carbocycles. The van der Waals surface area contributed by atoms with Gasteiger partial charge < -0.3 is 24.4 Å². The van der Waals surface area contributed by atoms with Gasteiger partial charge in [0.25, 0.3) is 5.91 Å². The van der Waals surface area contributed by atoms with E-state index in [2.05, 4.69) is 5.32 Å². The first-order valence-corrected chi connectivity index (χ1v) is 9.07. The number of hydrogen-bond donors (Lipinski definition) is 1. The average molecular weight is 362 g/mol. The molecule has 142 valence electrons. The van der Waals surface area contributed by atoms with E-state index < -0.39 is 0 Å². The van der Waals surface area contributed by atoms with Crippen molar-refractivity contribution in [1.82, 2.24) is 10.2 Å². The van der Waals surface area contributed by atoms with Crippen LogP contribution in [0.1, 0.15) is 48.2 Å². The Bertz CT molecular complexity index is 727. The number of nitrogens with one attached hydrogen (secondary N) is 1. The summed E-state index contributed by atoms with van der Waals surface area (Å²) in [4.78, 5) is 26.8. The number of carbonyl (C=O) groups is 2. The normalized spacial score (nSPS) is 15.3. The number of carbonyl (C=O) groups excluding carboxylic acids is 2. The van der Waals surface area contributed by atoms with Crippen molar-refractivity contribution in [1.29, 1.82) is 0 Å². The zero-order chi connectivity index (χ0) is 18.8. The lowest BCUT2D eigenvalue weighted by atomic mass is 9.91. The largest absolute Gasteiger partial charge is 0.492 e. The third kappa shape index (κ3) is 2.95. The van der Waals surface area contributed by atoms with Crippen LogP contribution in [0, 0.1) is 5.92 Å². The van der Waals surface area contributed by atoms with Gasteiger partial charge in [0.15, 0.2) is 11.5 Å². The molecule has 1 N–H and O–H groups in total. The first kappa shape index (κ1) is 18.4. The molecule has 0 fully saturated rings. The van der Waals surface area contributed by atoms with Crippen molar-refractivity contribution in [3.05, 3.63) is 16.7 Å². The maximum Gasteiger partial charge on any atom is 0.257 e. The van der Waals surface area contributed by atoms with Crippen LogP contribution in [0.2, 0.25) is 0 Å². The molecule has 1 aromatic carbocycles. The van der Waals surface area contributed by atoms with Crippen LogP contribution in [0.15, 0.2) is 0 Å². The topological polar surface area (TPSA) is 77.1 Å². The molecule has 0 unspecified atom stereocenters. The highest BCUT2D eigenvalue weighted by molar-refractivity contribution is 6.01. The number of methoxy groups -OCH3 is 1. The monoisotopic (exact) mass is 362 g/mol. The third-order valence-corrected chi connectivity index (χ3v) is 5.24. The van der Waals surface area contributed by atoms with Crippen molar-refractivity contribution in [2.24, 2.45) is 5.92 Å². The Kier molecular flexibility index (Phi) is 5.25. The first-order valence-electron chi connectivity index (χ1n) is 9.07. The second kappa shape index (κ2) is 7.43. The van der Waals surface area contributed by atoms with Gasteiger partial charge >= 0.3 is 0 Å². The SMILES string of the molecule is CCC(CC)C(=O)NCc1c2c(c(OC)c3c1OCO3)C(=O)N(C)CC2. The van der Waals surface area contributed by atoms with E-state index in [1.165, 1.54) is 7.11 Å². The molecule has 0 aliphatic carbocycles. The Morgan fingerprint density at radius 1 is 1.27 bits per heavy atom. The molecule has 0 atom stereocenters. The summed E-state index contributed by atoms with van der Waals surface area (Å²) >= 11 is 0. The van der Waals surface area contributed by atoms with Crippen molar-refractivity contribution in [2.75, 3.05) is 27.5 Å². The molecule has 2 aliphatic heterocycles. The number of hydrogen-bond acceptors (Lipinski definition) is 5. The highest BCUT2D eigenvalue weighted by Gasteiger charge is 2.36. The van der Waals surface area contributed by atoms with Gasteiger partial charge in [-0.1, -0.05) is 13.8 Å². The Labute approximate surface area is 153 Å². The van der Waals surface area contributed by atoms with E-state index in [1.54, 1.807) is 11.9 Å². The minimum atomic E-state index is -0.103. The fraction of sp³-hybridized carbons (Fsp3) is 0.579. The molecule has 26 heavy (non-hydrogen) atoms. The number of fused-ring (bicyclic) bond motifs is 2. The van der Waals surface area contributed by atoms with Gasteiger partial charge in [-0.15, -0.1) is 0 Å². The van der Waals surface area contributed by atoms with Gasteiger partial charge in [-0.2, -0.15) is 0 Å². The Balaban J connectivity index is 2.02. The number of benzene rings is 1. The van der Waals surface area contributed by atoms with Gasteiger partial charge in [-0.3, -0.25) is 9.59 Å². The van der Waals surface area contributed by atoms with Crippen molar-refractivity contribution < 1.29 is 23.8 Å². The maximum absolute atomic E-state index is 12.7. The van der Waals surface area contributed by atoms with Crippen LogP contribution in [-0.4, -0.2) is 44.2 Å². The van der Waals surface area contributed by atoms with Gasteiger partial charge in [0, 0.05) is 31.6 Å². The lowest BCUT2D eigenvalue weighted by Crippen LogP contribution is -2.36. The lowest BCUT2D eigenvalue weighted by molar-refractivity contribution is -0.125. The third-order valence-electron chi connectivity index (χ3n) is 5.24. The van der Waals surface area contributed by atoms with Crippen LogP contribution in [0.5, 0.6) is 17.2 Å². The maximum atomic E-state index is 12.7. The Hall–Kier alpha value is -2.44. The summed E-state index contributed by atoms with van der Waals surface area (Å²) < 4.78 is 16.7. The minimum Gasteiger partial charge on any atom is -0.492 e. The Morgan fingerprint density at radius 2 is 1.96 bits per heavy atom. The summed E-state index contributed by atoms with van der Waals surface area (Å²) in [6.07, 6.45) is 2.27. The van der Waals surface area contributed by atoms with E-state index in [0.717, 1.165) is 24.0 Å². The second-order valence-corrected chi connectivity index (χ2v) is 6.64. The number of rotatable bonds is 6. The summed E-state index contributed by atoms with van der Waals surface area (Å²) in [6.45, 7) is 5.01. The summed E-state index contributed by atoms with van der Waals surface area (Å²) in [7, 11) is 3.29. The van der Waals surface area contributed by atoms with E-state index in [4.69, 9.17) is 14.2 Å². The molecule has 0 bridgehead atoms. The van der Waals surface area contributed by atoms with E-state index in [1.807, 2.05) is 13.8 Å². The number of amides is 2. The first-order chi connectivity index (χ1) is 12.5. The molecule has 2 amide bonds.